The number of carbonyl (C=O) groups is 1. The number of benzene rings is 2. The van der Waals surface area contributed by atoms with Crippen LogP contribution in [0.4, 0.5) is 5.69 Å². The van der Waals surface area contributed by atoms with Crippen molar-refractivity contribution in [1.29, 1.82) is 0 Å². The van der Waals surface area contributed by atoms with Gasteiger partial charge in [0.05, 0.1) is 22.2 Å². The molecule has 1 aromatic heterocycles. The highest BCUT2D eigenvalue weighted by Gasteiger charge is 2.14. The van der Waals surface area contributed by atoms with E-state index in [0.717, 1.165) is 16.6 Å². The number of hydrogen-bond acceptors (Lipinski definition) is 5. The number of halogens is 3. The maximum atomic E-state index is 12.3. The maximum absolute atomic E-state index is 12.3. The third-order valence-corrected chi connectivity index (χ3v) is 6.82. The maximum Gasteiger partial charge on any atom is 0.234 e. The summed E-state index contributed by atoms with van der Waals surface area (Å²) in [4.78, 5) is 12.3. The van der Waals surface area contributed by atoms with Crippen LogP contribution in [-0.4, -0.2) is 26.4 Å². The molecule has 31 heavy (non-hydrogen) atoms. The quantitative estimate of drug-likeness (QED) is 0.245. The van der Waals surface area contributed by atoms with E-state index in [1.165, 1.54) is 17.3 Å². The number of anilines is 1. The molecule has 0 aliphatic carbocycles. The van der Waals surface area contributed by atoms with Crippen LogP contribution < -0.4 is 5.32 Å². The molecule has 0 radical (unpaired) electrons. The van der Waals surface area contributed by atoms with E-state index in [4.69, 9.17) is 34.8 Å². The van der Waals surface area contributed by atoms with Crippen LogP contribution in [0.1, 0.15) is 11.4 Å². The number of nitrogens with zero attached hydrogens (tertiary/aromatic N) is 3. The number of rotatable bonds is 10. The summed E-state index contributed by atoms with van der Waals surface area (Å²) < 4.78 is 1.97. The number of amides is 1. The van der Waals surface area contributed by atoms with E-state index in [0.29, 0.717) is 33.2 Å². The molecule has 2 aromatic carbocycles. The Kier molecular flexibility index (Phi) is 9.16. The molecule has 162 valence electrons. The Morgan fingerprint density at radius 1 is 1.06 bits per heavy atom. The van der Waals surface area contributed by atoms with Gasteiger partial charge in [0.2, 0.25) is 5.91 Å². The van der Waals surface area contributed by atoms with Gasteiger partial charge in [-0.15, -0.1) is 28.5 Å². The van der Waals surface area contributed by atoms with Gasteiger partial charge in [0.1, 0.15) is 5.82 Å². The van der Waals surface area contributed by atoms with Crippen LogP contribution in [0.15, 0.2) is 60.3 Å². The lowest BCUT2D eigenvalue weighted by atomic mass is 10.2. The number of carbonyl (C=O) groups excluding carboxylic acids is 1. The normalized spacial score (nSPS) is 10.8. The van der Waals surface area contributed by atoms with Gasteiger partial charge in [-0.1, -0.05) is 64.8 Å². The van der Waals surface area contributed by atoms with Crippen molar-refractivity contribution in [2.45, 2.75) is 23.2 Å². The van der Waals surface area contributed by atoms with E-state index in [1.54, 1.807) is 36.0 Å². The average molecular weight is 514 g/mol. The third-order valence-electron chi connectivity index (χ3n) is 4.06. The molecule has 0 unspecified atom stereocenters. The molecule has 0 aliphatic heterocycles. The van der Waals surface area contributed by atoms with Gasteiger partial charge in [-0.3, -0.25) is 4.79 Å². The van der Waals surface area contributed by atoms with Gasteiger partial charge in [-0.05, 0) is 35.9 Å². The first-order valence-corrected chi connectivity index (χ1v) is 12.5. The molecule has 10 heteroatoms. The second kappa shape index (κ2) is 11.8. The first-order valence-electron chi connectivity index (χ1n) is 9.19. The van der Waals surface area contributed by atoms with Crippen molar-refractivity contribution in [3.63, 3.8) is 0 Å². The number of allylic oxidation sites excluding steroid dienone is 1. The van der Waals surface area contributed by atoms with E-state index < -0.39 is 0 Å². The molecule has 0 saturated heterocycles. The minimum atomic E-state index is -0.193. The summed E-state index contributed by atoms with van der Waals surface area (Å²) in [5.74, 6) is 2.34. The van der Waals surface area contributed by atoms with Gasteiger partial charge >= 0.3 is 0 Å². The zero-order valence-electron chi connectivity index (χ0n) is 16.4. The van der Waals surface area contributed by atoms with E-state index in [2.05, 4.69) is 22.1 Å². The van der Waals surface area contributed by atoms with Crippen molar-refractivity contribution in [3.05, 3.63) is 81.6 Å². The summed E-state index contributed by atoms with van der Waals surface area (Å²) in [6.45, 7) is 4.38. The van der Waals surface area contributed by atoms with Crippen LogP contribution in [0.2, 0.25) is 15.1 Å². The zero-order chi connectivity index (χ0) is 22.2. The summed E-state index contributed by atoms with van der Waals surface area (Å²) in [6.07, 6.45) is 1.79. The fraction of sp³-hybridized carbons (Fsp3) is 0.190. The number of nitrogens with one attached hydrogen (secondary N) is 1. The highest BCUT2D eigenvalue weighted by molar-refractivity contribution is 7.99. The number of hydrogen-bond donors (Lipinski definition) is 1. The molecule has 1 N–H and O–H groups in total. The predicted octanol–water partition coefficient (Wildman–Crippen LogP) is 6.59. The molecule has 0 spiro atoms. The topological polar surface area (TPSA) is 59.8 Å². The minimum Gasteiger partial charge on any atom is -0.324 e. The van der Waals surface area contributed by atoms with Crippen molar-refractivity contribution in [3.8, 4) is 0 Å². The molecule has 3 rings (SSSR count). The third kappa shape index (κ3) is 7.19. The molecule has 0 fully saturated rings. The SMILES string of the molecule is C=CCn1c(CSCc2ccc(Cl)cc2)nnc1SCC(=O)Nc1ccc(Cl)cc1Cl. The molecule has 5 nitrogen and oxygen atoms in total. The van der Waals surface area contributed by atoms with E-state index >= 15 is 0 Å². The number of aromatic nitrogens is 3. The molecule has 0 bridgehead atoms. The lowest BCUT2D eigenvalue weighted by Gasteiger charge is -2.09. The Labute approximate surface area is 204 Å². The summed E-state index contributed by atoms with van der Waals surface area (Å²) in [6, 6.07) is 12.7. The summed E-state index contributed by atoms with van der Waals surface area (Å²) >= 11 is 21.0. The second-order valence-corrected chi connectivity index (χ2v) is 9.59. The van der Waals surface area contributed by atoms with E-state index in [1.807, 2.05) is 28.8 Å². The Balaban J connectivity index is 1.56. The van der Waals surface area contributed by atoms with Crippen LogP contribution in [0.3, 0.4) is 0 Å². The van der Waals surface area contributed by atoms with Crippen LogP contribution in [0.5, 0.6) is 0 Å². The Hall–Kier alpha value is -1.64. The van der Waals surface area contributed by atoms with Gasteiger partial charge < -0.3 is 9.88 Å². The molecule has 3 aromatic rings. The monoisotopic (exact) mass is 512 g/mol. The van der Waals surface area contributed by atoms with Crippen molar-refractivity contribution in [2.24, 2.45) is 0 Å². The molecule has 1 amide bonds. The molecular formula is C21H19Cl3N4OS2. The van der Waals surface area contributed by atoms with Gasteiger partial charge in [0.15, 0.2) is 5.16 Å². The first-order chi connectivity index (χ1) is 15.0. The van der Waals surface area contributed by atoms with Gasteiger partial charge in [0, 0.05) is 22.3 Å². The Morgan fingerprint density at radius 3 is 2.52 bits per heavy atom. The zero-order valence-corrected chi connectivity index (χ0v) is 20.3. The van der Waals surface area contributed by atoms with Crippen LogP contribution >= 0.6 is 58.3 Å². The molecule has 1 heterocycles. The van der Waals surface area contributed by atoms with Crippen LogP contribution in [0, 0.1) is 0 Å². The molecular weight excluding hydrogens is 495 g/mol. The van der Waals surface area contributed by atoms with Crippen LogP contribution in [-0.2, 0) is 22.8 Å². The minimum absolute atomic E-state index is 0.173. The van der Waals surface area contributed by atoms with Crippen molar-refractivity contribution < 1.29 is 4.79 Å². The van der Waals surface area contributed by atoms with Crippen LogP contribution in [0.25, 0.3) is 0 Å². The predicted molar refractivity (Wildman–Crippen MR) is 132 cm³/mol. The standard InChI is InChI=1S/C21H19Cl3N4OS2/c1-2-9-28-19(12-30-11-14-3-5-15(22)6-4-14)26-27-21(28)31-13-20(29)25-18-8-7-16(23)10-17(18)24/h2-8,10H,1,9,11-13H2,(H,25,29). The van der Waals surface area contributed by atoms with Gasteiger partial charge in [-0.25, -0.2) is 0 Å². The average Bonchev–Trinajstić information content (AvgIpc) is 3.12. The smallest absolute Gasteiger partial charge is 0.234 e. The fourth-order valence-electron chi connectivity index (χ4n) is 2.59. The molecule has 0 aliphatic rings. The highest BCUT2D eigenvalue weighted by Crippen LogP contribution is 2.26. The summed E-state index contributed by atoms with van der Waals surface area (Å²) in [5, 5.41) is 13.6. The molecule has 0 saturated carbocycles. The van der Waals surface area contributed by atoms with E-state index in [9.17, 15) is 4.79 Å². The largest absolute Gasteiger partial charge is 0.324 e. The fourth-order valence-corrected chi connectivity index (χ4v) is 4.87. The van der Waals surface area contributed by atoms with E-state index in [-0.39, 0.29) is 11.7 Å². The number of thioether (sulfide) groups is 2. The van der Waals surface area contributed by atoms with Crippen molar-refractivity contribution >= 4 is 69.9 Å². The first kappa shape index (κ1) is 24.0. The lowest BCUT2D eigenvalue weighted by molar-refractivity contribution is -0.113. The summed E-state index contributed by atoms with van der Waals surface area (Å²) in [7, 11) is 0. The van der Waals surface area contributed by atoms with Crippen molar-refractivity contribution in [2.75, 3.05) is 11.1 Å². The summed E-state index contributed by atoms with van der Waals surface area (Å²) in [5.41, 5.74) is 1.71. The molecule has 0 atom stereocenters. The van der Waals surface area contributed by atoms with Crippen molar-refractivity contribution in [1.82, 2.24) is 14.8 Å². The Morgan fingerprint density at radius 2 is 1.81 bits per heavy atom. The lowest BCUT2D eigenvalue weighted by Crippen LogP contribution is -2.15. The Bertz CT molecular complexity index is 1060. The second-order valence-electron chi connectivity index (χ2n) is 6.38. The van der Waals surface area contributed by atoms with Gasteiger partial charge in [0.25, 0.3) is 0 Å². The highest BCUT2D eigenvalue weighted by atomic mass is 35.5. The van der Waals surface area contributed by atoms with Gasteiger partial charge in [-0.2, -0.15) is 0 Å².